The van der Waals surface area contributed by atoms with Crippen molar-refractivity contribution in [1.82, 2.24) is 15.5 Å². The van der Waals surface area contributed by atoms with Crippen LogP contribution in [0.4, 0.5) is 0 Å². The first-order valence-electron chi connectivity index (χ1n) is 10.3. The summed E-state index contributed by atoms with van der Waals surface area (Å²) in [6.45, 7) is 3.28. The Morgan fingerprint density at radius 1 is 1.12 bits per heavy atom. The van der Waals surface area contributed by atoms with Crippen LogP contribution in [-0.4, -0.2) is 41.0 Å². The first-order valence-corrected chi connectivity index (χ1v) is 11.1. The third-order valence-corrected chi connectivity index (χ3v) is 6.11. The van der Waals surface area contributed by atoms with Crippen LogP contribution < -0.4 is 5.32 Å². The number of aryl methyl sites for hydroxylation is 1. The van der Waals surface area contributed by atoms with Gasteiger partial charge in [-0.15, -0.1) is 11.3 Å². The summed E-state index contributed by atoms with van der Waals surface area (Å²) in [5, 5.41) is 7.10. The molecule has 1 aromatic carbocycles. The van der Waals surface area contributed by atoms with Crippen LogP contribution in [0.1, 0.15) is 37.5 Å². The second-order valence-corrected chi connectivity index (χ2v) is 8.54. The number of amides is 1. The number of carbonyl (C=O) groups is 3. The number of ketones is 1. The van der Waals surface area contributed by atoms with Gasteiger partial charge in [0.05, 0.1) is 27.2 Å². The number of benzene rings is 1. The van der Waals surface area contributed by atoms with Gasteiger partial charge in [0, 0.05) is 23.9 Å². The maximum atomic E-state index is 12.9. The molecule has 0 saturated carbocycles. The van der Waals surface area contributed by atoms with Crippen molar-refractivity contribution in [3.05, 3.63) is 69.5 Å². The Bertz CT molecular complexity index is 1330. The monoisotopic (exact) mass is 463 g/mol. The third-order valence-electron chi connectivity index (χ3n) is 4.92. The van der Waals surface area contributed by atoms with Crippen molar-refractivity contribution >= 4 is 40.1 Å². The predicted molar refractivity (Wildman–Crippen MR) is 123 cm³/mol. The van der Waals surface area contributed by atoms with Gasteiger partial charge in [0.2, 0.25) is 11.7 Å². The van der Waals surface area contributed by atoms with Gasteiger partial charge in [0.15, 0.2) is 6.61 Å². The zero-order valence-corrected chi connectivity index (χ0v) is 18.9. The zero-order chi connectivity index (χ0) is 23.4. The Kier molecular flexibility index (Phi) is 6.60. The Balaban J connectivity index is 1.49. The van der Waals surface area contributed by atoms with Crippen LogP contribution in [0.2, 0.25) is 0 Å². The fraction of sp³-hybridized carbons (Fsp3) is 0.208. The highest BCUT2D eigenvalue weighted by Gasteiger charge is 2.22. The number of Topliss-reactive ketones (excluding diaryl/α,β-unsaturated/α-hetero) is 1. The molecule has 9 heteroatoms. The maximum absolute atomic E-state index is 12.9. The topological polar surface area (TPSA) is 111 Å². The molecule has 3 aromatic heterocycles. The summed E-state index contributed by atoms with van der Waals surface area (Å²) in [6, 6.07) is 14.5. The van der Waals surface area contributed by atoms with Crippen LogP contribution in [0.5, 0.6) is 0 Å². The quantitative estimate of drug-likeness (QED) is 0.311. The summed E-state index contributed by atoms with van der Waals surface area (Å²) in [4.78, 5) is 42.4. The van der Waals surface area contributed by atoms with Crippen molar-refractivity contribution in [3.63, 3.8) is 0 Å². The van der Waals surface area contributed by atoms with Crippen molar-refractivity contribution in [2.45, 2.75) is 20.3 Å². The summed E-state index contributed by atoms with van der Waals surface area (Å²) < 4.78 is 10.6. The van der Waals surface area contributed by atoms with Crippen LogP contribution in [-0.2, 0) is 16.0 Å². The fourth-order valence-electron chi connectivity index (χ4n) is 3.32. The number of ether oxygens (including phenoxy) is 1. The minimum Gasteiger partial charge on any atom is -0.454 e. The Morgan fingerprint density at radius 2 is 1.91 bits per heavy atom. The molecule has 0 atom stereocenters. The minimum atomic E-state index is -0.651. The molecule has 0 bridgehead atoms. The number of fused-ring (bicyclic) bond motifs is 1. The van der Waals surface area contributed by atoms with Crippen molar-refractivity contribution < 1.29 is 23.6 Å². The number of nitrogens with zero attached hydrogens (tertiary/aromatic N) is 2. The molecule has 0 unspecified atom stereocenters. The standard InChI is InChI=1S/C24H21N3O5S/c1-14-22-18(12-19(26-23(22)32-27-14)16-6-4-3-5-7-16)24(30)31-13-20(29)21-9-8-17(33-21)10-11-25-15(2)28/h3-9,12H,10-11,13H2,1-2H3,(H,25,28). The van der Waals surface area contributed by atoms with E-state index in [1.54, 1.807) is 19.1 Å². The van der Waals surface area contributed by atoms with E-state index in [1.165, 1.54) is 18.3 Å². The molecular formula is C24H21N3O5S. The molecule has 1 N–H and O–H groups in total. The van der Waals surface area contributed by atoms with E-state index in [2.05, 4.69) is 15.5 Å². The highest BCUT2D eigenvalue weighted by atomic mass is 32.1. The van der Waals surface area contributed by atoms with Gasteiger partial charge in [-0.25, -0.2) is 9.78 Å². The molecule has 4 rings (SSSR count). The van der Waals surface area contributed by atoms with Gasteiger partial charge in [-0.3, -0.25) is 9.59 Å². The second kappa shape index (κ2) is 9.74. The molecule has 168 valence electrons. The summed E-state index contributed by atoms with van der Waals surface area (Å²) in [7, 11) is 0. The largest absolute Gasteiger partial charge is 0.454 e. The molecule has 1 amide bonds. The van der Waals surface area contributed by atoms with E-state index in [-0.39, 0.29) is 29.6 Å². The molecule has 0 aliphatic rings. The number of carbonyl (C=O) groups excluding carboxylic acids is 3. The van der Waals surface area contributed by atoms with E-state index in [9.17, 15) is 14.4 Å². The number of esters is 1. The number of rotatable bonds is 8. The van der Waals surface area contributed by atoms with E-state index >= 15 is 0 Å². The van der Waals surface area contributed by atoms with E-state index in [0.717, 1.165) is 10.4 Å². The van der Waals surface area contributed by atoms with Crippen molar-refractivity contribution in [1.29, 1.82) is 0 Å². The molecule has 0 saturated heterocycles. The molecular weight excluding hydrogens is 442 g/mol. The molecule has 33 heavy (non-hydrogen) atoms. The van der Waals surface area contributed by atoms with Crippen LogP contribution in [0.25, 0.3) is 22.4 Å². The smallest absolute Gasteiger partial charge is 0.339 e. The molecule has 0 spiro atoms. The lowest BCUT2D eigenvalue weighted by Gasteiger charge is -2.07. The van der Waals surface area contributed by atoms with E-state index in [4.69, 9.17) is 9.26 Å². The predicted octanol–water partition coefficient (Wildman–Crippen LogP) is 3.98. The third kappa shape index (κ3) is 5.15. The number of thiophene rings is 1. The van der Waals surface area contributed by atoms with Crippen LogP contribution in [0.3, 0.4) is 0 Å². The lowest BCUT2D eigenvalue weighted by Crippen LogP contribution is -2.22. The first kappa shape index (κ1) is 22.3. The average molecular weight is 464 g/mol. The summed E-state index contributed by atoms with van der Waals surface area (Å²) in [6.07, 6.45) is 0.626. The molecule has 0 fully saturated rings. The highest BCUT2D eigenvalue weighted by Crippen LogP contribution is 2.27. The maximum Gasteiger partial charge on any atom is 0.339 e. The normalized spacial score (nSPS) is 10.8. The van der Waals surface area contributed by atoms with E-state index in [1.807, 2.05) is 36.4 Å². The molecule has 4 aromatic rings. The minimum absolute atomic E-state index is 0.0986. The second-order valence-electron chi connectivity index (χ2n) is 7.37. The van der Waals surface area contributed by atoms with E-state index < -0.39 is 5.97 Å². The molecule has 8 nitrogen and oxygen atoms in total. The lowest BCUT2D eigenvalue weighted by atomic mass is 10.1. The van der Waals surface area contributed by atoms with Gasteiger partial charge in [0.25, 0.3) is 5.71 Å². The van der Waals surface area contributed by atoms with Gasteiger partial charge < -0.3 is 14.6 Å². The fourth-order valence-corrected chi connectivity index (χ4v) is 4.25. The Hall–Kier alpha value is -3.85. The van der Waals surface area contributed by atoms with Gasteiger partial charge in [-0.05, 0) is 31.5 Å². The zero-order valence-electron chi connectivity index (χ0n) is 18.1. The number of hydrogen-bond acceptors (Lipinski definition) is 8. The van der Waals surface area contributed by atoms with Crippen LogP contribution in [0, 0.1) is 6.92 Å². The summed E-state index contributed by atoms with van der Waals surface area (Å²) in [5.74, 6) is -1.05. The Labute approximate surface area is 193 Å². The van der Waals surface area contributed by atoms with Crippen LogP contribution in [0.15, 0.2) is 53.1 Å². The SMILES string of the molecule is CC(=O)NCCc1ccc(C(=O)COC(=O)c2cc(-c3ccccc3)nc3onc(C)c23)s1. The average Bonchev–Trinajstić information content (AvgIpc) is 3.44. The van der Waals surface area contributed by atoms with Gasteiger partial charge in [0.1, 0.15) is 0 Å². The van der Waals surface area contributed by atoms with Gasteiger partial charge >= 0.3 is 5.97 Å². The highest BCUT2D eigenvalue weighted by molar-refractivity contribution is 7.14. The first-order chi connectivity index (χ1) is 15.9. The number of pyridine rings is 1. The molecule has 0 aliphatic heterocycles. The number of aromatic nitrogens is 2. The van der Waals surface area contributed by atoms with Crippen LogP contribution >= 0.6 is 11.3 Å². The number of nitrogens with one attached hydrogen (secondary N) is 1. The van der Waals surface area contributed by atoms with Gasteiger partial charge in [-0.1, -0.05) is 35.5 Å². The molecule has 0 aliphatic carbocycles. The Morgan fingerprint density at radius 3 is 2.67 bits per heavy atom. The van der Waals surface area contributed by atoms with Crippen molar-refractivity contribution in [3.8, 4) is 11.3 Å². The summed E-state index contributed by atoms with van der Waals surface area (Å²) in [5.41, 5.74) is 2.34. The summed E-state index contributed by atoms with van der Waals surface area (Å²) >= 11 is 1.32. The van der Waals surface area contributed by atoms with E-state index in [0.29, 0.717) is 34.6 Å². The molecule has 0 radical (unpaired) electrons. The lowest BCUT2D eigenvalue weighted by molar-refractivity contribution is -0.118. The van der Waals surface area contributed by atoms with Gasteiger partial charge in [-0.2, -0.15) is 0 Å². The number of hydrogen-bond donors (Lipinski definition) is 1. The van der Waals surface area contributed by atoms with Crippen molar-refractivity contribution in [2.24, 2.45) is 0 Å². The van der Waals surface area contributed by atoms with Crippen molar-refractivity contribution in [2.75, 3.05) is 13.2 Å². The molecule has 3 heterocycles.